The molecule has 0 aliphatic heterocycles. The Kier molecular flexibility index (Phi) is 6.87. The normalized spacial score (nSPS) is 11.6. The SMILES string of the molecule is CCc1ccccc1NC(=O)[C@@H](C)n1nc(-c2ccc(Cl)cc2)cc(NC(C)=O)c1=O. The van der Waals surface area contributed by atoms with Gasteiger partial charge in [0.05, 0.1) is 5.69 Å². The molecule has 0 saturated carbocycles. The second-order valence-corrected chi connectivity index (χ2v) is 7.49. The van der Waals surface area contributed by atoms with Crippen LogP contribution in [-0.4, -0.2) is 21.6 Å². The van der Waals surface area contributed by atoms with Gasteiger partial charge in [0.15, 0.2) is 0 Å². The number of nitrogens with one attached hydrogen (secondary N) is 2. The molecule has 2 N–H and O–H groups in total. The molecule has 0 unspecified atom stereocenters. The molecule has 1 aromatic heterocycles. The van der Waals surface area contributed by atoms with Crippen molar-refractivity contribution in [2.45, 2.75) is 33.2 Å². The van der Waals surface area contributed by atoms with E-state index in [9.17, 15) is 14.4 Å². The van der Waals surface area contributed by atoms with E-state index in [4.69, 9.17) is 11.6 Å². The van der Waals surface area contributed by atoms with E-state index in [1.165, 1.54) is 13.0 Å². The number of amides is 2. The second kappa shape index (κ2) is 9.57. The van der Waals surface area contributed by atoms with Crippen LogP contribution in [0, 0.1) is 0 Å². The van der Waals surface area contributed by atoms with Crippen molar-refractivity contribution in [1.29, 1.82) is 0 Å². The number of para-hydroxylation sites is 1. The van der Waals surface area contributed by atoms with Crippen molar-refractivity contribution in [2.75, 3.05) is 10.6 Å². The van der Waals surface area contributed by atoms with Crippen LogP contribution in [0.1, 0.15) is 32.4 Å². The van der Waals surface area contributed by atoms with Gasteiger partial charge in [0.25, 0.3) is 5.56 Å². The Balaban J connectivity index is 2.02. The van der Waals surface area contributed by atoms with Gasteiger partial charge in [-0.2, -0.15) is 5.10 Å². The van der Waals surface area contributed by atoms with Gasteiger partial charge >= 0.3 is 0 Å². The monoisotopic (exact) mass is 438 g/mol. The summed E-state index contributed by atoms with van der Waals surface area (Å²) in [5.74, 6) is -0.789. The molecule has 0 aliphatic rings. The van der Waals surface area contributed by atoms with Gasteiger partial charge in [-0.3, -0.25) is 14.4 Å². The third-order valence-corrected chi connectivity index (χ3v) is 5.04. The summed E-state index contributed by atoms with van der Waals surface area (Å²) in [6.07, 6.45) is 0.752. The lowest BCUT2D eigenvalue weighted by molar-refractivity contribution is -0.119. The van der Waals surface area contributed by atoms with Crippen LogP contribution in [0.15, 0.2) is 59.4 Å². The molecule has 1 heterocycles. The lowest BCUT2D eigenvalue weighted by Gasteiger charge is -2.18. The number of aromatic nitrogens is 2. The number of rotatable bonds is 6. The summed E-state index contributed by atoms with van der Waals surface area (Å²) < 4.78 is 1.08. The maximum absolute atomic E-state index is 12.9. The molecule has 0 saturated heterocycles. The summed E-state index contributed by atoms with van der Waals surface area (Å²) in [6, 6.07) is 14.9. The van der Waals surface area contributed by atoms with E-state index in [0.29, 0.717) is 22.0 Å². The Morgan fingerprint density at radius 3 is 2.39 bits per heavy atom. The van der Waals surface area contributed by atoms with E-state index >= 15 is 0 Å². The van der Waals surface area contributed by atoms with Gasteiger partial charge in [0.2, 0.25) is 11.8 Å². The Hall–Kier alpha value is -3.45. The van der Waals surface area contributed by atoms with Crippen molar-refractivity contribution in [3.63, 3.8) is 0 Å². The quantitative estimate of drug-likeness (QED) is 0.600. The van der Waals surface area contributed by atoms with Crippen LogP contribution in [0.4, 0.5) is 11.4 Å². The van der Waals surface area contributed by atoms with Gasteiger partial charge < -0.3 is 10.6 Å². The fraction of sp³-hybridized carbons (Fsp3) is 0.217. The zero-order valence-corrected chi connectivity index (χ0v) is 18.2. The van der Waals surface area contributed by atoms with E-state index in [0.717, 1.165) is 16.7 Å². The highest BCUT2D eigenvalue weighted by Gasteiger charge is 2.21. The molecular weight excluding hydrogens is 416 g/mol. The zero-order valence-electron chi connectivity index (χ0n) is 17.5. The van der Waals surface area contributed by atoms with Crippen molar-refractivity contribution in [2.24, 2.45) is 0 Å². The molecule has 31 heavy (non-hydrogen) atoms. The first-order valence-corrected chi connectivity index (χ1v) is 10.2. The van der Waals surface area contributed by atoms with Crippen molar-refractivity contribution in [3.05, 3.63) is 75.5 Å². The Bertz CT molecular complexity index is 1170. The first kappa shape index (κ1) is 22.2. The van der Waals surface area contributed by atoms with E-state index < -0.39 is 23.4 Å². The number of hydrogen-bond donors (Lipinski definition) is 2. The number of anilines is 2. The van der Waals surface area contributed by atoms with Crippen LogP contribution in [0.2, 0.25) is 5.02 Å². The Morgan fingerprint density at radius 1 is 1.06 bits per heavy atom. The predicted molar refractivity (Wildman–Crippen MR) is 122 cm³/mol. The van der Waals surface area contributed by atoms with Crippen LogP contribution in [0.25, 0.3) is 11.3 Å². The van der Waals surface area contributed by atoms with Gasteiger partial charge in [-0.05, 0) is 43.2 Å². The van der Waals surface area contributed by atoms with Crippen LogP contribution < -0.4 is 16.2 Å². The molecule has 1 atom stereocenters. The molecule has 0 radical (unpaired) electrons. The lowest BCUT2D eigenvalue weighted by Crippen LogP contribution is -2.35. The van der Waals surface area contributed by atoms with Gasteiger partial charge in [-0.25, -0.2) is 4.68 Å². The molecule has 3 rings (SSSR count). The number of carbonyl (C=O) groups excluding carboxylic acids is 2. The standard InChI is InChI=1S/C23H23ClN4O3/c1-4-16-7-5-6-8-19(16)26-22(30)14(2)28-23(31)21(25-15(3)29)13-20(27-28)17-9-11-18(24)12-10-17/h5-14H,4H2,1-3H3,(H,25,29)(H,26,30)/t14-/m1/s1. The highest BCUT2D eigenvalue weighted by molar-refractivity contribution is 6.30. The van der Waals surface area contributed by atoms with Crippen molar-refractivity contribution in [3.8, 4) is 11.3 Å². The van der Waals surface area contributed by atoms with Gasteiger partial charge in [0, 0.05) is 23.2 Å². The van der Waals surface area contributed by atoms with Crippen LogP contribution in [-0.2, 0) is 16.0 Å². The second-order valence-electron chi connectivity index (χ2n) is 7.06. The first-order valence-electron chi connectivity index (χ1n) is 9.86. The van der Waals surface area contributed by atoms with E-state index in [1.54, 1.807) is 31.2 Å². The summed E-state index contributed by atoms with van der Waals surface area (Å²) in [6.45, 7) is 4.89. The van der Waals surface area contributed by atoms with Crippen LogP contribution in [0.5, 0.6) is 0 Å². The maximum atomic E-state index is 12.9. The number of halogens is 1. The van der Waals surface area contributed by atoms with Crippen LogP contribution >= 0.6 is 11.6 Å². The van der Waals surface area contributed by atoms with Gasteiger partial charge in [0.1, 0.15) is 11.7 Å². The minimum atomic E-state index is -0.919. The predicted octanol–water partition coefficient (Wildman–Crippen LogP) is 4.28. The lowest BCUT2D eigenvalue weighted by atomic mass is 10.1. The van der Waals surface area contributed by atoms with Gasteiger partial charge in [-0.1, -0.05) is 48.9 Å². The average molecular weight is 439 g/mol. The molecule has 7 nitrogen and oxygen atoms in total. The third kappa shape index (κ3) is 5.19. The Labute approximate surface area is 185 Å². The smallest absolute Gasteiger partial charge is 0.291 e. The van der Waals surface area contributed by atoms with Crippen molar-refractivity contribution < 1.29 is 9.59 Å². The molecule has 0 aliphatic carbocycles. The molecule has 160 valence electrons. The van der Waals surface area contributed by atoms with Gasteiger partial charge in [-0.15, -0.1) is 0 Å². The largest absolute Gasteiger partial charge is 0.324 e. The molecular formula is C23H23ClN4O3. The fourth-order valence-electron chi connectivity index (χ4n) is 3.11. The molecule has 0 bridgehead atoms. The van der Waals surface area contributed by atoms with E-state index in [2.05, 4.69) is 15.7 Å². The summed E-state index contributed by atoms with van der Waals surface area (Å²) in [7, 11) is 0. The molecule has 2 amide bonds. The minimum Gasteiger partial charge on any atom is -0.324 e. The molecule has 0 fully saturated rings. The van der Waals surface area contributed by atoms with Crippen molar-refractivity contribution >= 4 is 34.8 Å². The molecule has 8 heteroatoms. The third-order valence-electron chi connectivity index (χ3n) is 4.79. The van der Waals surface area contributed by atoms with Crippen LogP contribution in [0.3, 0.4) is 0 Å². The number of aryl methyl sites for hydroxylation is 1. The maximum Gasteiger partial charge on any atom is 0.291 e. The summed E-state index contributed by atoms with van der Waals surface area (Å²) in [4.78, 5) is 37.5. The number of nitrogens with zero attached hydrogens (tertiary/aromatic N) is 2. The number of benzene rings is 2. The number of hydrogen-bond acceptors (Lipinski definition) is 4. The van der Waals surface area contributed by atoms with Crippen molar-refractivity contribution in [1.82, 2.24) is 9.78 Å². The molecule has 2 aromatic carbocycles. The summed E-state index contributed by atoms with van der Waals surface area (Å²) in [5.41, 5.74) is 2.26. The summed E-state index contributed by atoms with van der Waals surface area (Å²) in [5, 5.41) is 10.3. The minimum absolute atomic E-state index is 0.0426. The Morgan fingerprint density at radius 2 is 1.74 bits per heavy atom. The van der Waals surface area contributed by atoms with E-state index in [1.807, 2.05) is 31.2 Å². The highest BCUT2D eigenvalue weighted by Crippen LogP contribution is 2.22. The first-order chi connectivity index (χ1) is 14.8. The highest BCUT2D eigenvalue weighted by atomic mass is 35.5. The summed E-state index contributed by atoms with van der Waals surface area (Å²) >= 11 is 5.96. The topological polar surface area (TPSA) is 93.1 Å². The van der Waals surface area contributed by atoms with E-state index in [-0.39, 0.29) is 5.69 Å². The fourth-order valence-corrected chi connectivity index (χ4v) is 3.24. The molecule has 0 spiro atoms. The number of carbonyl (C=O) groups is 2. The zero-order chi connectivity index (χ0) is 22.5. The average Bonchev–Trinajstić information content (AvgIpc) is 2.75. The molecule has 3 aromatic rings.